The summed E-state index contributed by atoms with van der Waals surface area (Å²) in [6.45, 7) is 4.03. The summed E-state index contributed by atoms with van der Waals surface area (Å²) in [6.07, 6.45) is 2.12. The van der Waals surface area contributed by atoms with Crippen LogP contribution in [0, 0.1) is 0 Å². The number of benzene rings is 2. The molecule has 0 saturated carbocycles. The van der Waals surface area contributed by atoms with Gasteiger partial charge in [-0.2, -0.15) is 0 Å². The normalized spacial score (nSPS) is 34.5. The van der Waals surface area contributed by atoms with E-state index in [9.17, 15) is 9.59 Å². The fourth-order valence-electron chi connectivity index (χ4n) is 6.39. The third-order valence-corrected chi connectivity index (χ3v) is 10.8. The smallest absolute Gasteiger partial charge is 0.262 e. The van der Waals surface area contributed by atoms with Crippen molar-refractivity contribution in [3.63, 3.8) is 0 Å². The lowest BCUT2D eigenvalue weighted by Crippen LogP contribution is -2.72. The molecule has 4 atom stereocenters. The minimum atomic E-state index is -1.04. The first kappa shape index (κ1) is 21.5. The molecule has 4 saturated heterocycles. The van der Waals surface area contributed by atoms with Gasteiger partial charge in [-0.3, -0.25) is 14.5 Å². The summed E-state index contributed by atoms with van der Waals surface area (Å²) in [5.41, 5.74) is 3.02. The van der Waals surface area contributed by atoms with Crippen molar-refractivity contribution < 1.29 is 9.59 Å². The number of para-hydroxylation sites is 2. The molecule has 1 spiro atoms. The van der Waals surface area contributed by atoms with Gasteiger partial charge in [-0.25, -0.2) is 0 Å². The molecule has 5 nitrogen and oxygen atoms in total. The van der Waals surface area contributed by atoms with Crippen LogP contribution in [0.5, 0.6) is 0 Å². The molecular formula is C25H25N3O2S3. The molecule has 2 amide bonds. The van der Waals surface area contributed by atoms with Gasteiger partial charge in [-0.05, 0) is 37.1 Å². The Morgan fingerprint density at radius 3 is 2.45 bits per heavy atom. The van der Waals surface area contributed by atoms with E-state index in [4.69, 9.17) is 12.2 Å². The number of amides is 2. The number of hydrogen-bond acceptors (Lipinski definition) is 6. The van der Waals surface area contributed by atoms with Gasteiger partial charge in [0.25, 0.3) is 11.8 Å². The zero-order valence-electron chi connectivity index (χ0n) is 18.8. The third kappa shape index (κ3) is 2.49. The summed E-state index contributed by atoms with van der Waals surface area (Å²) in [4.78, 5) is 32.2. The highest BCUT2D eigenvalue weighted by molar-refractivity contribution is 8.48. The Kier molecular flexibility index (Phi) is 4.56. The first-order chi connectivity index (χ1) is 15.8. The van der Waals surface area contributed by atoms with Gasteiger partial charge in [0, 0.05) is 30.3 Å². The van der Waals surface area contributed by atoms with Crippen molar-refractivity contribution in [3.05, 3.63) is 60.2 Å². The van der Waals surface area contributed by atoms with Crippen molar-refractivity contribution in [3.8, 4) is 0 Å². The van der Waals surface area contributed by atoms with Crippen LogP contribution in [-0.2, 0) is 15.0 Å². The molecule has 0 aromatic heterocycles. The second kappa shape index (κ2) is 6.99. The van der Waals surface area contributed by atoms with E-state index in [1.165, 1.54) is 29.1 Å². The molecule has 33 heavy (non-hydrogen) atoms. The molecule has 2 aromatic rings. The average Bonchev–Trinajstić information content (AvgIpc) is 3.18. The van der Waals surface area contributed by atoms with Gasteiger partial charge in [0.2, 0.25) is 0 Å². The lowest BCUT2D eigenvalue weighted by Gasteiger charge is -2.51. The Labute approximate surface area is 207 Å². The third-order valence-electron chi connectivity index (χ3n) is 7.79. The second-order valence-corrected chi connectivity index (χ2v) is 13.3. The molecule has 7 rings (SSSR count). The molecule has 0 N–H and O–H groups in total. The van der Waals surface area contributed by atoms with Crippen LogP contribution in [0.4, 0.5) is 11.4 Å². The summed E-state index contributed by atoms with van der Waals surface area (Å²) >= 11 is 8.48. The van der Waals surface area contributed by atoms with Crippen LogP contribution in [0.15, 0.2) is 54.6 Å². The van der Waals surface area contributed by atoms with Gasteiger partial charge >= 0.3 is 0 Å². The number of anilines is 2. The van der Waals surface area contributed by atoms with Crippen LogP contribution < -0.4 is 4.90 Å². The highest BCUT2D eigenvalue weighted by Gasteiger charge is 2.76. The van der Waals surface area contributed by atoms with E-state index in [2.05, 4.69) is 48.2 Å². The monoisotopic (exact) mass is 495 g/mol. The minimum absolute atomic E-state index is 0.0164. The summed E-state index contributed by atoms with van der Waals surface area (Å²) in [5.74, 6) is -0.0454. The van der Waals surface area contributed by atoms with E-state index < -0.39 is 9.74 Å². The predicted molar refractivity (Wildman–Crippen MR) is 139 cm³/mol. The molecule has 5 aliphatic heterocycles. The molecule has 2 bridgehead atoms. The molecule has 5 heterocycles. The maximum absolute atomic E-state index is 14.3. The fraction of sp³-hybridized carbons (Fsp3) is 0.400. The van der Waals surface area contributed by atoms with E-state index >= 15 is 0 Å². The molecule has 170 valence electrons. The van der Waals surface area contributed by atoms with Gasteiger partial charge in [-0.1, -0.05) is 85.5 Å². The van der Waals surface area contributed by atoms with Crippen LogP contribution >= 0.6 is 35.7 Å². The van der Waals surface area contributed by atoms with Gasteiger partial charge in [0.1, 0.15) is 9.69 Å². The number of thioether (sulfide) groups is 2. The van der Waals surface area contributed by atoms with Crippen LogP contribution in [0.3, 0.4) is 0 Å². The number of nitrogens with zero attached hydrogens (tertiary/aromatic N) is 3. The summed E-state index contributed by atoms with van der Waals surface area (Å²) in [6, 6.07) is 18.7. The topological polar surface area (TPSA) is 43.9 Å². The fourth-order valence-corrected chi connectivity index (χ4v) is 10.2. The van der Waals surface area contributed by atoms with Crippen molar-refractivity contribution in [2.75, 3.05) is 11.9 Å². The summed E-state index contributed by atoms with van der Waals surface area (Å²) in [7, 11) is 1.75. The van der Waals surface area contributed by atoms with Crippen molar-refractivity contribution in [2.24, 2.45) is 0 Å². The summed E-state index contributed by atoms with van der Waals surface area (Å²) < 4.78 is 0.664. The SMILES string of the molecule is CCCC12CC34SC(=S)SC(C)(C(=O)N3[C@@H]1N(c1ccccc1)c1ccccc12)N(C)C4=O. The Bertz CT molecular complexity index is 1210. The number of carbonyl (C=O) groups is 2. The Hall–Kier alpha value is -2.03. The molecule has 5 aliphatic rings. The van der Waals surface area contributed by atoms with Crippen molar-refractivity contribution in [1.82, 2.24) is 9.80 Å². The van der Waals surface area contributed by atoms with Crippen LogP contribution in [-0.4, -0.2) is 48.1 Å². The first-order valence-corrected chi connectivity index (χ1v) is 13.3. The first-order valence-electron chi connectivity index (χ1n) is 11.3. The quantitative estimate of drug-likeness (QED) is 0.553. The molecule has 2 aromatic carbocycles. The van der Waals surface area contributed by atoms with Gasteiger partial charge < -0.3 is 9.80 Å². The average molecular weight is 496 g/mol. The number of hydrogen-bond donors (Lipinski definition) is 0. The Morgan fingerprint density at radius 2 is 1.73 bits per heavy atom. The Morgan fingerprint density at radius 1 is 1.03 bits per heavy atom. The molecule has 4 fully saturated rings. The lowest BCUT2D eigenvalue weighted by molar-refractivity contribution is -0.163. The molecule has 0 radical (unpaired) electrons. The molecular weight excluding hydrogens is 470 g/mol. The number of carbonyl (C=O) groups excluding carboxylic acids is 2. The highest BCUT2D eigenvalue weighted by atomic mass is 32.2. The van der Waals surface area contributed by atoms with E-state index in [0.717, 1.165) is 24.2 Å². The predicted octanol–water partition coefficient (Wildman–Crippen LogP) is 5.08. The lowest BCUT2D eigenvalue weighted by atomic mass is 9.74. The van der Waals surface area contributed by atoms with E-state index in [1.807, 2.05) is 30.0 Å². The standard InChI is InChI=1S/C25H25N3O2S3/c1-4-14-24-15-25-21(30)26(3)23(2,32-22(31)33-25)20(29)28(25)19(24)27(16-10-6-5-7-11-16)18-13-9-8-12-17(18)24/h5-13,19H,4,14-15H2,1-3H3/t19-,23?,24?,25?/m0/s1. The zero-order chi connectivity index (χ0) is 23.2. The molecule has 8 heteroatoms. The van der Waals surface area contributed by atoms with Crippen molar-refractivity contribution in [2.45, 2.75) is 54.4 Å². The number of rotatable bonds is 3. The van der Waals surface area contributed by atoms with E-state index in [0.29, 0.717) is 9.95 Å². The molecule has 3 unspecified atom stereocenters. The van der Waals surface area contributed by atoms with Gasteiger partial charge in [-0.15, -0.1) is 0 Å². The maximum atomic E-state index is 14.3. The summed E-state index contributed by atoms with van der Waals surface area (Å²) in [5, 5.41) is 0. The molecule has 0 aliphatic carbocycles. The zero-order valence-corrected chi connectivity index (χ0v) is 21.2. The number of fused-ring (bicyclic) bond motifs is 6. The van der Waals surface area contributed by atoms with Crippen molar-refractivity contribution >= 4 is 62.5 Å². The number of thiocarbonyl (C=S) groups is 1. The largest absolute Gasteiger partial charge is 0.320 e. The van der Waals surface area contributed by atoms with E-state index in [1.54, 1.807) is 11.9 Å². The highest BCUT2D eigenvalue weighted by Crippen LogP contribution is 2.67. The van der Waals surface area contributed by atoms with Crippen LogP contribution in [0.2, 0.25) is 0 Å². The van der Waals surface area contributed by atoms with Gasteiger partial charge in [0.15, 0.2) is 9.74 Å². The number of piperazine rings is 1. The second-order valence-electron chi connectivity index (χ2n) is 9.44. The van der Waals surface area contributed by atoms with Crippen molar-refractivity contribution in [1.29, 1.82) is 0 Å². The minimum Gasteiger partial charge on any atom is -0.320 e. The maximum Gasteiger partial charge on any atom is 0.262 e. The number of likely N-dealkylation sites (N-methyl/N-ethyl adjacent to an activating group) is 1. The van der Waals surface area contributed by atoms with Crippen LogP contribution in [0.25, 0.3) is 0 Å². The van der Waals surface area contributed by atoms with Gasteiger partial charge in [0.05, 0.1) is 0 Å². The van der Waals surface area contributed by atoms with E-state index in [-0.39, 0.29) is 23.4 Å². The van der Waals surface area contributed by atoms with Crippen LogP contribution in [0.1, 0.15) is 38.7 Å². The Balaban J connectivity index is 1.67.